The zero-order valence-electron chi connectivity index (χ0n) is 15.2. The van der Waals surface area contributed by atoms with Crippen molar-refractivity contribution < 1.29 is 4.92 Å². The summed E-state index contributed by atoms with van der Waals surface area (Å²) in [4.78, 5) is 44.5. The SMILES string of the molecule is Cc1c([N+](=O)[O-])cc2[nH]c(=O)c(=O)[nH]c2c1CC1CCC2CCCCC2=N1. The quantitative estimate of drug-likeness (QED) is 0.490. The van der Waals surface area contributed by atoms with Gasteiger partial charge in [0.1, 0.15) is 0 Å². The Balaban J connectivity index is 1.81. The molecular weight excluding hydrogens is 348 g/mol. The molecule has 1 fully saturated rings. The summed E-state index contributed by atoms with van der Waals surface area (Å²) in [7, 11) is 0. The zero-order valence-corrected chi connectivity index (χ0v) is 15.2. The van der Waals surface area contributed by atoms with Gasteiger partial charge in [-0.3, -0.25) is 24.7 Å². The van der Waals surface area contributed by atoms with Crippen molar-refractivity contribution in [3.63, 3.8) is 0 Å². The fraction of sp³-hybridized carbons (Fsp3) is 0.526. The van der Waals surface area contributed by atoms with Crippen LogP contribution in [-0.4, -0.2) is 26.6 Å². The Kier molecular flexibility index (Phi) is 4.41. The van der Waals surface area contributed by atoms with Crippen LogP contribution in [0.25, 0.3) is 11.0 Å². The van der Waals surface area contributed by atoms with E-state index < -0.39 is 16.0 Å². The summed E-state index contributed by atoms with van der Waals surface area (Å²) in [5.74, 6) is 0.592. The molecule has 1 aromatic carbocycles. The van der Waals surface area contributed by atoms with Gasteiger partial charge in [-0.15, -0.1) is 0 Å². The van der Waals surface area contributed by atoms with Crippen molar-refractivity contribution in [3.05, 3.63) is 48.0 Å². The zero-order chi connectivity index (χ0) is 19.1. The summed E-state index contributed by atoms with van der Waals surface area (Å²) < 4.78 is 0. The Morgan fingerprint density at radius 3 is 2.74 bits per heavy atom. The van der Waals surface area contributed by atoms with E-state index in [1.807, 2.05) is 0 Å². The predicted molar refractivity (Wildman–Crippen MR) is 103 cm³/mol. The van der Waals surface area contributed by atoms with E-state index in [1.54, 1.807) is 6.92 Å². The lowest BCUT2D eigenvalue weighted by atomic mass is 9.80. The van der Waals surface area contributed by atoms with Crippen LogP contribution in [0.3, 0.4) is 0 Å². The van der Waals surface area contributed by atoms with Gasteiger partial charge in [0.05, 0.1) is 22.0 Å². The lowest BCUT2D eigenvalue weighted by molar-refractivity contribution is -0.385. The van der Waals surface area contributed by atoms with E-state index in [0.29, 0.717) is 29.0 Å². The number of nitrogens with one attached hydrogen (secondary N) is 2. The third-order valence-electron chi connectivity index (χ3n) is 5.92. The summed E-state index contributed by atoms with van der Waals surface area (Å²) in [6.45, 7) is 1.69. The number of rotatable bonds is 3. The van der Waals surface area contributed by atoms with Gasteiger partial charge in [-0.1, -0.05) is 6.42 Å². The van der Waals surface area contributed by atoms with E-state index in [0.717, 1.165) is 19.3 Å². The van der Waals surface area contributed by atoms with Gasteiger partial charge in [0, 0.05) is 17.3 Å². The Hall–Kier alpha value is -2.77. The molecule has 2 atom stereocenters. The van der Waals surface area contributed by atoms with Crippen LogP contribution >= 0.6 is 0 Å². The highest BCUT2D eigenvalue weighted by molar-refractivity contribution is 5.88. The van der Waals surface area contributed by atoms with Crippen molar-refractivity contribution in [2.24, 2.45) is 10.9 Å². The molecule has 2 N–H and O–H groups in total. The van der Waals surface area contributed by atoms with Gasteiger partial charge in [-0.25, -0.2) is 0 Å². The van der Waals surface area contributed by atoms with Gasteiger partial charge in [-0.05, 0) is 56.9 Å². The molecule has 1 aliphatic heterocycles. The molecular formula is C19H22N4O4. The minimum Gasteiger partial charge on any atom is -0.316 e. The van der Waals surface area contributed by atoms with Gasteiger partial charge in [0.25, 0.3) is 5.69 Å². The molecule has 0 radical (unpaired) electrons. The summed E-state index contributed by atoms with van der Waals surface area (Å²) in [5, 5.41) is 11.5. The molecule has 8 nitrogen and oxygen atoms in total. The first kappa shape index (κ1) is 17.6. The lowest BCUT2D eigenvalue weighted by Gasteiger charge is -2.31. The highest BCUT2D eigenvalue weighted by Crippen LogP contribution is 2.34. The van der Waals surface area contributed by atoms with Gasteiger partial charge in [-0.2, -0.15) is 0 Å². The molecule has 142 valence electrons. The van der Waals surface area contributed by atoms with E-state index in [2.05, 4.69) is 9.97 Å². The highest BCUT2D eigenvalue weighted by Gasteiger charge is 2.28. The van der Waals surface area contributed by atoms with Crippen LogP contribution in [0.4, 0.5) is 5.69 Å². The molecule has 1 aliphatic carbocycles. The number of fused-ring (bicyclic) bond motifs is 2. The number of benzene rings is 1. The number of hydrogen-bond acceptors (Lipinski definition) is 5. The van der Waals surface area contributed by atoms with Crippen LogP contribution in [0, 0.1) is 23.0 Å². The van der Waals surface area contributed by atoms with Crippen LogP contribution in [-0.2, 0) is 6.42 Å². The second kappa shape index (κ2) is 6.75. The first-order valence-electron chi connectivity index (χ1n) is 9.43. The summed E-state index contributed by atoms with van der Waals surface area (Å²) in [5.41, 5.74) is 1.62. The second-order valence-corrected chi connectivity index (χ2v) is 7.59. The predicted octanol–water partition coefficient (Wildman–Crippen LogP) is 2.77. The molecule has 8 heteroatoms. The summed E-state index contributed by atoms with van der Waals surface area (Å²) >= 11 is 0. The summed E-state index contributed by atoms with van der Waals surface area (Å²) in [6.07, 6.45) is 7.24. The van der Waals surface area contributed by atoms with Crippen LogP contribution < -0.4 is 11.1 Å². The van der Waals surface area contributed by atoms with E-state index in [-0.39, 0.29) is 17.2 Å². The van der Waals surface area contributed by atoms with Gasteiger partial charge in [0.15, 0.2) is 0 Å². The number of nitro groups is 1. The Bertz CT molecular complexity index is 1070. The minimum atomic E-state index is -0.811. The number of nitrogens with zero attached hydrogens (tertiary/aromatic N) is 2. The number of aliphatic imine (C=N–C) groups is 1. The minimum absolute atomic E-state index is 0.0497. The Morgan fingerprint density at radius 2 is 1.96 bits per heavy atom. The van der Waals surface area contributed by atoms with Crippen LogP contribution in [0.5, 0.6) is 0 Å². The molecule has 0 spiro atoms. The number of H-pyrrole nitrogens is 2. The molecule has 2 unspecified atom stereocenters. The Morgan fingerprint density at radius 1 is 1.19 bits per heavy atom. The molecule has 2 aromatic rings. The number of nitro benzene ring substituents is 1. The maximum absolute atomic E-state index is 11.8. The Labute approximate surface area is 154 Å². The average Bonchev–Trinajstić information content (AvgIpc) is 2.65. The molecule has 1 aromatic heterocycles. The van der Waals surface area contributed by atoms with Crippen molar-refractivity contribution in [1.29, 1.82) is 0 Å². The van der Waals surface area contributed by atoms with Crippen molar-refractivity contribution >= 4 is 22.4 Å². The number of aromatic nitrogens is 2. The maximum atomic E-state index is 11.8. The summed E-state index contributed by atoms with van der Waals surface area (Å²) in [6, 6.07) is 1.36. The monoisotopic (exact) mass is 370 g/mol. The van der Waals surface area contributed by atoms with Crippen LogP contribution in [0.15, 0.2) is 20.6 Å². The van der Waals surface area contributed by atoms with Crippen molar-refractivity contribution in [1.82, 2.24) is 9.97 Å². The van der Waals surface area contributed by atoms with E-state index >= 15 is 0 Å². The van der Waals surface area contributed by atoms with Crippen LogP contribution in [0.1, 0.15) is 49.7 Å². The van der Waals surface area contributed by atoms with Gasteiger partial charge in [0.2, 0.25) is 0 Å². The molecule has 0 bridgehead atoms. The smallest absolute Gasteiger partial charge is 0.314 e. The highest BCUT2D eigenvalue weighted by atomic mass is 16.6. The number of aromatic amines is 2. The van der Waals surface area contributed by atoms with E-state index in [9.17, 15) is 19.7 Å². The normalized spacial score (nSPS) is 22.3. The molecule has 0 amide bonds. The van der Waals surface area contributed by atoms with Crippen LogP contribution in [0.2, 0.25) is 0 Å². The molecule has 27 heavy (non-hydrogen) atoms. The fourth-order valence-electron chi connectivity index (χ4n) is 4.48. The third kappa shape index (κ3) is 3.20. The maximum Gasteiger partial charge on any atom is 0.314 e. The van der Waals surface area contributed by atoms with Crippen molar-refractivity contribution in [3.8, 4) is 0 Å². The molecule has 1 saturated carbocycles. The average molecular weight is 370 g/mol. The largest absolute Gasteiger partial charge is 0.316 e. The molecule has 2 heterocycles. The standard InChI is InChI=1S/C19H22N4O4/c1-10-13(8-12-7-6-11-4-2-3-5-14(11)20-12)17-15(9-16(10)23(26)27)21-18(24)19(25)22-17/h9,11-12H,2-8H2,1H3,(H,21,24)(H,22,25). The number of hydrogen-bond donors (Lipinski definition) is 2. The van der Waals surface area contributed by atoms with E-state index in [1.165, 1.54) is 31.0 Å². The fourth-order valence-corrected chi connectivity index (χ4v) is 4.48. The van der Waals surface area contributed by atoms with Crippen molar-refractivity contribution in [2.45, 2.75) is 57.9 Å². The lowest BCUT2D eigenvalue weighted by Crippen LogP contribution is -2.30. The topological polar surface area (TPSA) is 121 Å². The third-order valence-corrected chi connectivity index (χ3v) is 5.92. The van der Waals surface area contributed by atoms with E-state index in [4.69, 9.17) is 4.99 Å². The molecule has 0 saturated heterocycles. The van der Waals surface area contributed by atoms with Gasteiger partial charge < -0.3 is 9.97 Å². The molecule has 4 rings (SSSR count). The first-order chi connectivity index (χ1) is 12.9. The molecule has 2 aliphatic rings. The van der Waals surface area contributed by atoms with Gasteiger partial charge >= 0.3 is 11.1 Å². The first-order valence-corrected chi connectivity index (χ1v) is 9.43. The van der Waals surface area contributed by atoms with Crippen molar-refractivity contribution in [2.75, 3.05) is 0 Å². The second-order valence-electron chi connectivity index (χ2n) is 7.59.